The van der Waals surface area contributed by atoms with Crippen molar-refractivity contribution < 1.29 is 14.3 Å². The number of esters is 1. The van der Waals surface area contributed by atoms with Crippen LogP contribution in [0.1, 0.15) is 61.8 Å². The molecule has 1 aromatic heterocycles. The Labute approximate surface area is 142 Å². The Morgan fingerprint density at radius 2 is 2.25 bits per heavy atom. The first-order valence-electron chi connectivity index (χ1n) is 8.68. The van der Waals surface area contributed by atoms with E-state index in [9.17, 15) is 9.59 Å². The van der Waals surface area contributed by atoms with Crippen LogP contribution in [0.15, 0.2) is 18.2 Å². The fraction of sp³-hybridized carbons (Fsp3) is 0.500. The molecular weight excluding hydrogens is 302 g/mol. The molecule has 0 bridgehead atoms. The summed E-state index contributed by atoms with van der Waals surface area (Å²) in [5, 5.41) is 1.19. The molecule has 24 heavy (non-hydrogen) atoms. The maximum Gasteiger partial charge on any atom is 0.306 e. The Kier molecular flexibility index (Phi) is 4.48. The third kappa shape index (κ3) is 2.54. The number of carbonyl (C=O) groups excluding carboxylic acids is 2. The molecule has 4 nitrogen and oxygen atoms in total. The summed E-state index contributed by atoms with van der Waals surface area (Å²) in [6.07, 6.45) is 4.63. The normalized spacial score (nSPS) is 23.0. The Balaban J connectivity index is 2.23. The topological polar surface area (TPSA) is 59.2 Å². The highest BCUT2D eigenvalue weighted by atomic mass is 16.5. The third-order valence-corrected chi connectivity index (χ3v) is 5.76. The van der Waals surface area contributed by atoms with E-state index in [1.165, 1.54) is 23.6 Å². The van der Waals surface area contributed by atoms with Gasteiger partial charge in [0.05, 0.1) is 13.5 Å². The van der Waals surface area contributed by atoms with Crippen LogP contribution in [0, 0.1) is 6.92 Å². The van der Waals surface area contributed by atoms with Crippen LogP contribution in [0.4, 0.5) is 0 Å². The maximum atomic E-state index is 12.1. The van der Waals surface area contributed by atoms with Crippen molar-refractivity contribution in [3.05, 3.63) is 35.0 Å². The van der Waals surface area contributed by atoms with Gasteiger partial charge in [0.25, 0.3) is 0 Å². The molecule has 1 aliphatic carbocycles. The molecule has 2 atom stereocenters. The predicted molar refractivity (Wildman–Crippen MR) is 94.3 cm³/mol. The first kappa shape index (κ1) is 16.7. The van der Waals surface area contributed by atoms with E-state index in [0.29, 0.717) is 12.8 Å². The first-order chi connectivity index (χ1) is 11.6. The van der Waals surface area contributed by atoms with Gasteiger partial charge < -0.3 is 14.5 Å². The number of rotatable bonds is 5. The first-order valence-corrected chi connectivity index (χ1v) is 8.68. The highest BCUT2D eigenvalue weighted by Crippen LogP contribution is 2.50. The van der Waals surface area contributed by atoms with Crippen molar-refractivity contribution in [1.29, 1.82) is 0 Å². The van der Waals surface area contributed by atoms with Gasteiger partial charge in [-0.25, -0.2) is 0 Å². The molecule has 2 aromatic rings. The molecule has 0 saturated carbocycles. The van der Waals surface area contributed by atoms with Gasteiger partial charge in [-0.1, -0.05) is 25.1 Å². The average molecular weight is 327 g/mol. The number of benzene rings is 1. The second-order valence-corrected chi connectivity index (χ2v) is 6.94. The number of nitrogens with one attached hydrogen (secondary N) is 1. The molecule has 1 aliphatic rings. The number of hydrogen-bond donors (Lipinski definition) is 1. The summed E-state index contributed by atoms with van der Waals surface area (Å²) in [7, 11) is 1.44. The second-order valence-electron chi connectivity index (χ2n) is 6.94. The highest BCUT2D eigenvalue weighted by molar-refractivity contribution is 5.89. The zero-order valence-electron chi connectivity index (χ0n) is 14.6. The molecule has 0 amide bonds. The molecule has 0 saturated heterocycles. The molecule has 0 radical (unpaired) electrons. The molecular formula is C20H25NO3. The van der Waals surface area contributed by atoms with Crippen molar-refractivity contribution in [1.82, 2.24) is 4.98 Å². The van der Waals surface area contributed by atoms with E-state index in [2.05, 4.69) is 37.0 Å². The Morgan fingerprint density at radius 3 is 2.92 bits per heavy atom. The second kappa shape index (κ2) is 6.42. The van der Waals surface area contributed by atoms with E-state index in [0.717, 1.165) is 36.8 Å². The van der Waals surface area contributed by atoms with Crippen LogP contribution in [0.25, 0.3) is 10.9 Å². The fourth-order valence-corrected chi connectivity index (χ4v) is 4.30. The third-order valence-electron chi connectivity index (χ3n) is 5.76. The number of aldehydes is 1. The van der Waals surface area contributed by atoms with Crippen LogP contribution in [0.3, 0.4) is 0 Å². The number of hydrogen-bond acceptors (Lipinski definition) is 3. The zero-order chi connectivity index (χ0) is 17.3. The number of carbonyl (C=O) groups is 2. The van der Waals surface area contributed by atoms with Crippen molar-refractivity contribution in [3.63, 3.8) is 0 Å². The number of methoxy groups -OCH3 is 1. The summed E-state index contributed by atoms with van der Waals surface area (Å²) in [6, 6.07) is 6.28. The minimum absolute atomic E-state index is 0.174. The molecule has 0 aliphatic heterocycles. The van der Waals surface area contributed by atoms with Crippen molar-refractivity contribution >= 4 is 23.2 Å². The van der Waals surface area contributed by atoms with E-state index in [4.69, 9.17) is 4.74 Å². The van der Waals surface area contributed by atoms with Gasteiger partial charge in [-0.15, -0.1) is 0 Å². The standard InChI is InChI=1S/C20H25NO3/c1-4-20(12-16(23)24-3)10-8-14(9-11-22)17-15-7-5-6-13(2)18(15)21-19(17)20/h5-7,11,14,21H,4,8-10,12H2,1-3H3/t14-,20+/m1/s1. The quantitative estimate of drug-likeness (QED) is 0.663. The molecule has 0 unspecified atom stereocenters. The largest absolute Gasteiger partial charge is 0.469 e. The summed E-state index contributed by atoms with van der Waals surface area (Å²) in [5.41, 5.74) is 4.46. The maximum absolute atomic E-state index is 12.1. The number of fused-ring (bicyclic) bond motifs is 3. The number of para-hydroxylation sites is 1. The lowest BCUT2D eigenvalue weighted by Gasteiger charge is -2.39. The Hall–Kier alpha value is -2.10. The van der Waals surface area contributed by atoms with Crippen LogP contribution in [-0.2, 0) is 19.7 Å². The van der Waals surface area contributed by atoms with Gasteiger partial charge in [0, 0.05) is 28.4 Å². The molecule has 1 heterocycles. The minimum Gasteiger partial charge on any atom is -0.469 e. The van der Waals surface area contributed by atoms with Crippen molar-refractivity contribution in [3.8, 4) is 0 Å². The molecule has 4 heteroatoms. The lowest BCUT2D eigenvalue weighted by molar-refractivity contribution is -0.142. The average Bonchev–Trinajstić information content (AvgIpc) is 2.99. The lowest BCUT2D eigenvalue weighted by Crippen LogP contribution is -2.34. The van der Waals surface area contributed by atoms with Crippen molar-refractivity contribution in [2.45, 2.75) is 57.3 Å². The van der Waals surface area contributed by atoms with E-state index in [-0.39, 0.29) is 17.3 Å². The molecule has 1 aromatic carbocycles. The number of ether oxygens (including phenoxy) is 1. The number of aryl methyl sites for hydroxylation is 1. The van der Waals surface area contributed by atoms with Gasteiger partial charge >= 0.3 is 5.97 Å². The smallest absolute Gasteiger partial charge is 0.306 e. The SMILES string of the molecule is CC[C@@]1(CC(=O)OC)CC[C@H](CC=O)c2c1[nH]c1c(C)cccc21. The van der Waals surface area contributed by atoms with E-state index >= 15 is 0 Å². The molecule has 3 rings (SSSR count). The fourth-order valence-electron chi connectivity index (χ4n) is 4.30. The van der Waals surface area contributed by atoms with Crippen LogP contribution >= 0.6 is 0 Å². The minimum atomic E-state index is -0.229. The number of aromatic amines is 1. The molecule has 128 valence electrons. The molecule has 0 fully saturated rings. The lowest BCUT2D eigenvalue weighted by atomic mass is 9.65. The summed E-state index contributed by atoms with van der Waals surface area (Å²) < 4.78 is 4.96. The Bertz CT molecular complexity index is 777. The van der Waals surface area contributed by atoms with E-state index in [1.54, 1.807) is 0 Å². The monoisotopic (exact) mass is 327 g/mol. The Morgan fingerprint density at radius 1 is 1.46 bits per heavy atom. The summed E-state index contributed by atoms with van der Waals surface area (Å²) in [4.78, 5) is 26.8. The number of H-pyrrole nitrogens is 1. The van der Waals surface area contributed by atoms with Crippen LogP contribution < -0.4 is 0 Å². The van der Waals surface area contributed by atoms with Gasteiger partial charge in [-0.3, -0.25) is 4.79 Å². The van der Waals surface area contributed by atoms with E-state index in [1.807, 2.05) is 0 Å². The predicted octanol–water partition coefficient (Wildman–Crippen LogP) is 4.15. The van der Waals surface area contributed by atoms with Crippen molar-refractivity contribution in [2.24, 2.45) is 0 Å². The van der Waals surface area contributed by atoms with Gasteiger partial charge in [0.2, 0.25) is 0 Å². The van der Waals surface area contributed by atoms with Gasteiger partial charge in [-0.2, -0.15) is 0 Å². The van der Waals surface area contributed by atoms with Crippen molar-refractivity contribution in [2.75, 3.05) is 7.11 Å². The zero-order valence-corrected chi connectivity index (χ0v) is 14.6. The van der Waals surface area contributed by atoms with Crippen LogP contribution in [0.5, 0.6) is 0 Å². The highest BCUT2D eigenvalue weighted by Gasteiger charge is 2.42. The van der Waals surface area contributed by atoms with Gasteiger partial charge in [-0.05, 0) is 43.2 Å². The molecule has 1 N–H and O–H groups in total. The number of aromatic nitrogens is 1. The molecule has 0 spiro atoms. The van der Waals surface area contributed by atoms with Crippen LogP contribution in [-0.4, -0.2) is 24.3 Å². The summed E-state index contributed by atoms with van der Waals surface area (Å²) >= 11 is 0. The summed E-state index contributed by atoms with van der Waals surface area (Å²) in [6.45, 7) is 4.22. The van der Waals surface area contributed by atoms with Crippen LogP contribution in [0.2, 0.25) is 0 Å². The van der Waals surface area contributed by atoms with Gasteiger partial charge in [0.15, 0.2) is 0 Å². The van der Waals surface area contributed by atoms with E-state index < -0.39 is 0 Å². The van der Waals surface area contributed by atoms with Gasteiger partial charge in [0.1, 0.15) is 6.29 Å². The summed E-state index contributed by atoms with van der Waals surface area (Å²) in [5.74, 6) is 0.0531.